The maximum absolute atomic E-state index is 11.8. The lowest BCUT2D eigenvalue weighted by Crippen LogP contribution is -2.36. The van der Waals surface area contributed by atoms with Gasteiger partial charge in [-0.1, -0.05) is 0 Å². The van der Waals surface area contributed by atoms with Crippen molar-refractivity contribution in [1.29, 1.82) is 0 Å². The molecule has 0 spiro atoms. The Labute approximate surface area is 110 Å². The smallest absolute Gasteiger partial charge is 0.332 e. The van der Waals surface area contributed by atoms with Gasteiger partial charge in [0, 0.05) is 20.2 Å². The Balaban J connectivity index is 3.07. The van der Waals surface area contributed by atoms with E-state index in [2.05, 4.69) is 5.10 Å². The van der Waals surface area contributed by atoms with Crippen molar-refractivity contribution >= 4 is 18.2 Å². The van der Waals surface area contributed by atoms with Gasteiger partial charge in [0.05, 0.1) is 0 Å². The van der Waals surface area contributed by atoms with E-state index in [1.54, 1.807) is 27.3 Å². The monoisotopic (exact) mass is 266 g/mol. The van der Waals surface area contributed by atoms with Crippen molar-refractivity contribution in [2.45, 2.75) is 0 Å². The number of hydrogen-bond acceptors (Lipinski definition) is 4. The number of nitrogens with zero attached hydrogens (tertiary/aromatic N) is 3. The van der Waals surface area contributed by atoms with Gasteiger partial charge >= 0.3 is 6.03 Å². The van der Waals surface area contributed by atoms with Gasteiger partial charge in [-0.15, -0.1) is 0 Å². The van der Waals surface area contributed by atoms with Crippen LogP contribution in [0.1, 0.15) is 16.1 Å². The largest absolute Gasteiger partial charge is 0.502 e. The Morgan fingerprint density at radius 1 is 1.53 bits per heavy atom. The first-order valence-electron chi connectivity index (χ1n) is 5.35. The summed E-state index contributed by atoms with van der Waals surface area (Å²) in [7, 11) is 4.87. The van der Waals surface area contributed by atoms with Crippen LogP contribution in [0.15, 0.2) is 17.4 Å². The molecule has 1 aromatic heterocycles. The average Bonchev–Trinajstić information content (AvgIpc) is 2.30. The minimum absolute atomic E-state index is 0.134. The number of aryl methyl sites for hydroxylation is 1. The number of amides is 3. The number of carbonyl (C=O) groups excluding carboxylic acids is 2. The first kappa shape index (κ1) is 14.4. The molecule has 0 aromatic carbocycles. The van der Waals surface area contributed by atoms with E-state index in [0.717, 1.165) is 0 Å². The first-order valence-corrected chi connectivity index (χ1v) is 5.35. The Morgan fingerprint density at radius 2 is 2.16 bits per heavy atom. The fourth-order valence-corrected chi connectivity index (χ4v) is 1.41. The number of urea groups is 1. The van der Waals surface area contributed by atoms with E-state index >= 15 is 0 Å². The van der Waals surface area contributed by atoms with Crippen molar-refractivity contribution < 1.29 is 19.3 Å². The van der Waals surface area contributed by atoms with Gasteiger partial charge in [-0.05, 0) is 0 Å². The minimum atomic E-state index is -0.808. The molecule has 0 radical (unpaired) electrons. The number of pyridine rings is 1. The normalized spacial score (nSPS) is 10.5. The molecule has 1 rings (SSSR count). The molecule has 0 aliphatic heterocycles. The molecule has 8 heteroatoms. The first-order chi connectivity index (χ1) is 8.82. The second kappa shape index (κ2) is 5.80. The number of aromatic nitrogens is 1. The maximum atomic E-state index is 11.8. The molecule has 0 aliphatic carbocycles. The molecule has 3 amide bonds. The van der Waals surface area contributed by atoms with Crippen LogP contribution in [-0.2, 0) is 7.05 Å². The van der Waals surface area contributed by atoms with Gasteiger partial charge in [0.25, 0.3) is 11.6 Å². The maximum Gasteiger partial charge on any atom is 0.332 e. The van der Waals surface area contributed by atoms with E-state index in [9.17, 15) is 14.7 Å². The van der Waals surface area contributed by atoms with Gasteiger partial charge in [0.1, 0.15) is 18.8 Å². The summed E-state index contributed by atoms with van der Waals surface area (Å²) >= 11 is 0. The molecular formula is C11H16N5O3+. The highest BCUT2D eigenvalue weighted by atomic mass is 16.3. The predicted molar refractivity (Wildman–Crippen MR) is 67.6 cm³/mol. The second-order valence-corrected chi connectivity index (χ2v) is 4.04. The highest BCUT2D eigenvalue weighted by molar-refractivity contribution is 5.94. The lowest BCUT2D eigenvalue weighted by molar-refractivity contribution is -0.672. The average molecular weight is 266 g/mol. The van der Waals surface area contributed by atoms with E-state index in [4.69, 9.17) is 5.73 Å². The van der Waals surface area contributed by atoms with E-state index in [0.29, 0.717) is 11.3 Å². The third-order valence-corrected chi connectivity index (χ3v) is 2.28. The van der Waals surface area contributed by atoms with E-state index in [-0.39, 0.29) is 11.7 Å². The van der Waals surface area contributed by atoms with E-state index in [1.807, 2.05) is 5.43 Å². The molecular weight excluding hydrogens is 250 g/mol. The number of nitrogens with one attached hydrogen (secondary N) is 1. The molecule has 8 nitrogen and oxygen atoms in total. The molecule has 0 fully saturated rings. The van der Waals surface area contributed by atoms with Gasteiger partial charge in [0.15, 0.2) is 11.9 Å². The molecule has 1 aromatic rings. The van der Waals surface area contributed by atoms with Gasteiger partial charge in [0.2, 0.25) is 0 Å². The summed E-state index contributed by atoms with van der Waals surface area (Å²) in [5.74, 6) is -0.366. The Morgan fingerprint density at radius 3 is 2.63 bits per heavy atom. The number of primary amides is 1. The molecule has 0 aliphatic rings. The molecule has 0 saturated heterocycles. The van der Waals surface area contributed by atoms with Crippen LogP contribution in [-0.4, -0.2) is 42.3 Å². The topological polar surface area (TPSA) is 112 Å². The number of hydrogen-bond donors (Lipinski definition) is 3. The Hall–Kier alpha value is -2.64. The van der Waals surface area contributed by atoms with Crippen LogP contribution in [0.25, 0.3) is 0 Å². The molecule has 0 bridgehead atoms. The lowest BCUT2D eigenvalue weighted by Gasteiger charge is -2.09. The summed E-state index contributed by atoms with van der Waals surface area (Å²) in [4.78, 5) is 23.6. The van der Waals surface area contributed by atoms with Gasteiger partial charge < -0.3 is 15.7 Å². The van der Waals surface area contributed by atoms with Crippen LogP contribution in [0, 0.1) is 0 Å². The van der Waals surface area contributed by atoms with Crippen LogP contribution >= 0.6 is 0 Å². The zero-order valence-electron chi connectivity index (χ0n) is 10.9. The van der Waals surface area contributed by atoms with Crippen molar-refractivity contribution in [1.82, 2.24) is 10.3 Å². The number of rotatable bonds is 3. The van der Waals surface area contributed by atoms with Crippen molar-refractivity contribution in [3.05, 3.63) is 23.5 Å². The quantitative estimate of drug-likeness (QED) is 0.367. The molecule has 0 unspecified atom stereocenters. The van der Waals surface area contributed by atoms with Crippen molar-refractivity contribution in [2.24, 2.45) is 17.9 Å². The summed E-state index contributed by atoms with van der Waals surface area (Å²) in [6, 6.07) is 0.520. The molecule has 102 valence electrons. The SMILES string of the molecule is CN(C)C(=O)c1cc(O)c(/C=N/NC(N)=O)[n+](C)c1. The Kier molecular flexibility index (Phi) is 4.41. The zero-order valence-corrected chi connectivity index (χ0v) is 10.9. The van der Waals surface area contributed by atoms with Gasteiger partial charge in [-0.3, -0.25) is 4.79 Å². The van der Waals surface area contributed by atoms with Crippen molar-refractivity contribution in [2.75, 3.05) is 14.1 Å². The van der Waals surface area contributed by atoms with Crippen LogP contribution in [0.3, 0.4) is 0 Å². The summed E-state index contributed by atoms with van der Waals surface area (Å²) < 4.78 is 1.51. The standard InChI is InChI=1S/C11H15N5O3/c1-15(2)10(18)7-4-9(17)8(16(3)6-7)5-13-14-11(12)19/h4-6H,1-3H3,(H3,12,17,19)/p+1. The molecule has 0 atom stereocenters. The third-order valence-electron chi connectivity index (χ3n) is 2.28. The fraction of sp³-hybridized carbons (Fsp3) is 0.273. The number of carbonyl (C=O) groups is 2. The molecule has 4 N–H and O–H groups in total. The number of hydrazone groups is 1. The van der Waals surface area contributed by atoms with Gasteiger partial charge in [-0.25, -0.2) is 10.2 Å². The van der Waals surface area contributed by atoms with Gasteiger partial charge in [-0.2, -0.15) is 9.67 Å². The van der Waals surface area contributed by atoms with Crippen LogP contribution in [0.2, 0.25) is 0 Å². The lowest BCUT2D eigenvalue weighted by atomic mass is 10.2. The Bertz CT molecular complexity index is 516. The summed E-state index contributed by atoms with van der Waals surface area (Å²) in [5, 5.41) is 13.4. The van der Waals surface area contributed by atoms with Crippen molar-refractivity contribution in [3.63, 3.8) is 0 Å². The summed E-state index contributed by atoms with van der Waals surface area (Å²) in [5.41, 5.74) is 7.52. The second-order valence-electron chi connectivity index (χ2n) is 4.04. The summed E-state index contributed by atoms with van der Waals surface area (Å²) in [6.07, 6.45) is 2.78. The van der Waals surface area contributed by atoms with Crippen molar-refractivity contribution in [3.8, 4) is 5.75 Å². The van der Waals surface area contributed by atoms with Crippen LogP contribution in [0.4, 0.5) is 4.79 Å². The highest BCUT2D eigenvalue weighted by Gasteiger charge is 2.18. The fourth-order valence-electron chi connectivity index (χ4n) is 1.41. The summed E-state index contributed by atoms with van der Waals surface area (Å²) in [6.45, 7) is 0. The number of aromatic hydroxyl groups is 1. The third kappa shape index (κ3) is 3.66. The molecule has 1 heterocycles. The van der Waals surface area contributed by atoms with E-state index in [1.165, 1.54) is 21.7 Å². The minimum Gasteiger partial charge on any atom is -0.502 e. The van der Waals surface area contributed by atoms with Crippen LogP contribution < -0.4 is 15.7 Å². The van der Waals surface area contributed by atoms with Crippen LogP contribution in [0.5, 0.6) is 5.75 Å². The predicted octanol–water partition coefficient (Wildman–Crippen LogP) is -1.08. The molecule has 19 heavy (non-hydrogen) atoms. The highest BCUT2D eigenvalue weighted by Crippen LogP contribution is 2.13. The van der Waals surface area contributed by atoms with E-state index < -0.39 is 6.03 Å². The number of nitrogens with two attached hydrogens (primary N) is 1. The zero-order chi connectivity index (χ0) is 14.6. The molecule has 0 saturated carbocycles.